The molecule has 0 fully saturated rings. The number of fused-ring (bicyclic) bond motifs is 1. The number of hydrogen-bond acceptors (Lipinski definition) is 4. The summed E-state index contributed by atoms with van der Waals surface area (Å²) in [5, 5.41) is 14.1. The van der Waals surface area contributed by atoms with Gasteiger partial charge in [0.1, 0.15) is 0 Å². The van der Waals surface area contributed by atoms with E-state index in [1.807, 2.05) is 18.2 Å². The maximum atomic E-state index is 12.1. The summed E-state index contributed by atoms with van der Waals surface area (Å²) in [5.41, 5.74) is 1.24. The number of carboxylic acid groups (broad SMARTS) is 1. The van der Waals surface area contributed by atoms with Gasteiger partial charge in [0.2, 0.25) is 0 Å². The predicted molar refractivity (Wildman–Crippen MR) is 84.7 cm³/mol. The van der Waals surface area contributed by atoms with E-state index in [0.717, 1.165) is 10.5 Å². The van der Waals surface area contributed by atoms with Crippen molar-refractivity contribution in [3.8, 4) is 0 Å². The largest absolute Gasteiger partial charge is 0.545 e. The average molecular weight is 331 g/mol. The SMILES string of the molecule is O=C1Nc2cc(C(=O)[O-])ccc2SC1=Cc1ccccc1Cl. The number of amides is 1. The molecule has 2 aromatic rings. The molecule has 1 aliphatic heterocycles. The Kier molecular flexibility index (Phi) is 3.92. The third-order valence-electron chi connectivity index (χ3n) is 3.10. The molecule has 3 rings (SSSR count). The Morgan fingerprint density at radius 2 is 2.00 bits per heavy atom. The van der Waals surface area contributed by atoms with E-state index in [0.29, 0.717) is 15.6 Å². The summed E-state index contributed by atoms with van der Waals surface area (Å²) < 4.78 is 0. The zero-order valence-corrected chi connectivity index (χ0v) is 12.7. The molecule has 0 saturated carbocycles. The van der Waals surface area contributed by atoms with E-state index in [2.05, 4.69) is 5.32 Å². The molecule has 4 nitrogen and oxygen atoms in total. The topological polar surface area (TPSA) is 69.2 Å². The van der Waals surface area contributed by atoms with E-state index in [1.54, 1.807) is 18.2 Å². The van der Waals surface area contributed by atoms with Gasteiger partial charge in [0.05, 0.1) is 16.6 Å². The first-order valence-electron chi connectivity index (χ1n) is 6.35. The van der Waals surface area contributed by atoms with Crippen LogP contribution in [0.4, 0.5) is 5.69 Å². The molecule has 0 saturated heterocycles. The number of carbonyl (C=O) groups is 2. The van der Waals surface area contributed by atoms with Crippen molar-refractivity contribution in [2.45, 2.75) is 4.90 Å². The highest BCUT2D eigenvalue weighted by Gasteiger charge is 2.21. The minimum atomic E-state index is -1.28. The molecule has 0 unspecified atom stereocenters. The summed E-state index contributed by atoms with van der Waals surface area (Å²) in [6, 6.07) is 11.7. The molecule has 22 heavy (non-hydrogen) atoms. The Hall–Kier alpha value is -2.24. The monoisotopic (exact) mass is 330 g/mol. The highest BCUT2D eigenvalue weighted by atomic mass is 35.5. The number of hydrogen-bond donors (Lipinski definition) is 1. The third kappa shape index (κ3) is 2.86. The van der Waals surface area contributed by atoms with Gasteiger partial charge in [-0.15, -0.1) is 0 Å². The van der Waals surface area contributed by atoms with Crippen molar-refractivity contribution >= 4 is 47.0 Å². The number of thioether (sulfide) groups is 1. The number of anilines is 1. The fraction of sp³-hybridized carbons (Fsp3) is 0. The highest BCUT2D eigenvalue weighted by molar-refractivity contribution is 8.04. The molecule has 1 N–H and O–H groups in total. The van der Waals surface area contributed by atoms with E-state index >= 15 is 0 Å². The Morgan fingerprint density at radius 3 is 2.73 bits per heavy atom. The molecular weight excluding hydrogens is 322 g/mol. The van der Waals surface area contributed by atoms with Crippen molar-refractivity contribution in [1.82, 2.24) is 0 Å². The second-order valence-electron chi connectivity index (χ2n) is 4.58. The Balaban J connectivity index is 1.97. The number of halogens is 1. The Morgan fingerprint density at radius 1 is 1.23 bits per heavy atom. The summed E-state index contributed by atoms with van der Waals surface area (Å²) in [5.74, 6) is -1.58. The van der Waals surface area contributed by atoms with Crippen LogP contribution in [-0.4, -0.2) is 11.9 Å². The summed E-state index contributed by atoms with van der Waals surface area (Å²) in [6.45, 7) is 0. The average Bonchev–Trinajstić information content (AvgIpc) is 2.49. The first-order chi connectivity index (χ1) is 10.5. The number of carbonyl (C=O) groups excluding carboxylic acids is 2. The van der Waals surface area contributed by atoms with E-state index in [9.17, 15) is 14.7 Å². The lowest BCUT2D eigenvalue weighted by molar-refractivity contribution is -0.255. The molecule has 1 aliphatic rings. The van der Waals surface area contributed by atoms with Crippen LogP contribution in [0.3, 0.4) is 0 Å². The van der Waals surface area contributed by atoms with Crippen LogP contribution < -0.4 is 10.4 Å². The van der Waals surface area contributed by atoms with Gasteiger partial charge in [-0.25, -0.2) is 0 Å². The number of rotatable bonds is 2. The maximum Gasteiger partial charge on any atom is 0.262 e. The van der Waals surface area contributed by atoms with Crippen LogP contribution in [0, 0.1) is 0 Å². The van der Waals surface area contributed by atoms with Gasteiger partial charge in [-0.3, -0.25) is 4.79 Å². The van der Waals surface area contributed by atoms with Crippen molar-refractivity contribution < 1.29 is 14.7 Å². The molecule has 0 aromatic heterocycles. The summed E-state index contributed by atoms with van der Waals surface area (Å²) in [6.07, 6.45) is 1.71. The van der Waals surface area contributed by atoms with E-state index in [4.69, 9.17) is 11.6 Å². The van der Waals surface area contributed by atoms with Crippen molar-refractivity contribution in [2.24, 2.45) is 0 Å². The second-order valence-corrected chi connectivity index (χ2v) is 6.08. The summed E-state index contributed by atoms with van der Waals surface area (Å²) in [7, 11) is 0. The van der Waals surface area contributed by atoms with Crippen molar-refractivity contribution in [1.29, 1.82) is 0 Å². The molecule has 0 atom stereocenters. The predicted octanol–water partition coefficient (Wildman–Crippen LogP) is 2.79. The second kappa shape index (κ2) is 5.87. The van der Waals surface area contributed by atoms with Crippen LogP contribution in [-0.2, 0) is 4.79 Å². The number of aromatic carboxylic acids is 1. The van der Waals surface area contributed by atoms with Gasteiger partial charge in [-0.2, -0.15) is 0 Å². The normalized spacial score (nSPS) is 15.3. The standard InChI is InChI=1S/C16H10ClNO3S/c17-11-4-2-1-3-9(11)8-14-15(19)18-12-7-10(16(20)21)5-6-13(12)22-14/h1-8H,(H,18,19)(H,20,21)/p-1. The lowest BCUT2D eigenvalue weighted by atomic mass is 10.2. The molecule has 0 spiro atoms. The summed E-state index contributed by atoms with van der Waals surface area (Å²) in [4.78, 5) is 24.3. The van der Waals surface area contributed by atoms with Gasteiger partial charge in [0.25, 0.3) is 5.91 Å². The molecular formula is C16H9ClNO3S-. The lowest BCUT2D eigenvalue weighted by Crippen LogP contribution is -2.23. The Labute approximate surface area is 135 Å². The molecule has 0 radical (unpaired) electrons. The Bertz CT molecular complexity index is 817. The number of carboxylic acids is 1. The van der Waals surface area contributed by atoms with E-state index in [1.165, 1.54) is 23.9 Å². The van der Waals surface area contributed by atoms with Crippen LogP contribution in [0.2, 0.25) is 5.02 Å². The fourth-order valence-electron chi connectivity index (χ4n) is 2.02. The zero-order chi connectivity index (χ0) is 15.7. The minimum Gasteiger partial charge on any atom is -0.545 e. The van der Waals surface area contributed by atoms with Gasteiger partial charge in [-0.1, -0.05) is 47.6 Å². The molecule has 1 amide bonds. The molecule has 2 aromatic carbocycles. The third-order valence-corrected chi connectivity index (χ3v) is 4.54. The van der Waals surface area contributed by atoms with Crippen LogP contribution in [0.25, 0.3) is 6.08 Å². The molecule has 1 heterocycles. The van der Waals surface area contributed by atoms with Gasteiger partial charge >= 0.3 is 0 Å². The zero-order valence-electron chi connectivity index (χ0n) is 11.1. The van der Waals surface area contributed by atoms with Crippen LogP contribution in [0.15, 0.2) is 52.3 Å². The van der Waals surface area contributed by atoms with E-state index in [-0.39, 0.29) is 11.5 Å². The molecule has 110 valence electrons. The summed E-state index contributed by atoms with van der Waals surface area (Å²) >= 11 is 7.36. The smallest absolute Gasteiger partial charge is 0.262 e. The maximum absolute atomic E-state index is 12.1. The van der Waals surface area contributed by atoms with Crippen LogP contribution >= 0.6 is 23.4 Å². The van der Waals surface area contributed by atoms with Crippen molar-refractivity contribution in [3.63, 3.8) is 0 Å². The molecule has 6 heteroatoms. The van der Waals surface area contributed by atoms with E-state index < -0.39 is 5.97 Å². The first-order valence-corrected chi connectivity index (χ1v) is 7.55. The van der Waals surface area contributed by atoms with Crippen LogP contribution in [0.5, 0.6) is 0 Å². The fourth-order valence-corrected chi connectivity index (χ4v) is 3.13. The van der Waals surface area contributed by atoms with Gasteiger partial charge < -0.3 is 15.2 Å². The lowest BCUT2D eigenvalue weighted by Gasteiger charge is -2.19. The van der Waals surface area contributed by atoms with Crippen LogP contribution in [0.1, 0.15) is 15.9 Å². The van der Waals surface area contributed by atoms with Crippen molar-refractivity contribution in [3.05, 3.63) is 63.5 Å². The minimum absolute atomic E-state index is 0.0261. The first kappa shape index (κ1) is 14.7. The quantitative estimate of drug-likeness (QED) is 0.860. The van der Waals surface area contributed by atoms with Gasteiger partial charge in [-0.05, 0) is 35.4 Å². The van der Waals surface area contributed by atoms with Gasteiger partial charge in [0.15, 0.2) is 0 Å². The van der Waals surface area contributed by atoms with Gasteiger partial charge in [0, 0.05) is 9.92 Å². The van der Waals surface area contributed by atoms with Crippen molar-refractivity contribution in [2.75, 3.05) is 5.32 Å². The highest BCUT2D eigenvalue weighted by Crippen LogP contribution is 2.39. The molecule has 0 bridgehead atoms. The number of nitrogens with one attached hydrogen (secondary N) is 1. The number of benzene rings is 2. The molecule has 0 aliphatic carbocycles.